The van der Waals surface area contributed by atoms with E-state index in [1.165, 1.54) is 51.4 Å². The molecule has 140 valence electrons. The summed E-state index contributed by atoms with van der Waals surface area (Å²) in [5, 5.41) is 0. The normalized spacial score (nSPS) is 60.2. The lowest BCUT2D eigenvalue weighted by Crippen LogP contribution is -2.57. The summed E-state index contributed by atoms with van der Waals surface area (Å²) in [6.07, 6.45) is 14.4. The molecule has 1 heteroatoms. The molecule has 0 aromatic rings. The summed E-state index contributed by atoms with van der Waals surface area (Å²) in [6, 6.07) is 0. The van der Waals surface area contributed by atoms with Gasteiger partial charge in [-0.2, -0.15) is 0 Å². The Balaban J connectivity index is 1.50. The number of hydrogen-bond acceptors (Lipinski definition) is 1. The average molecular weight is 343 g/mol. The monoisotopic (exact) mass is 342 g/mol. The third kappa shape index (κ3) is 1.80. The first-order chi connectivity index (χ1) is 11.9. The first-order valence-corrected chi connectivity index (χ1v) is 11.1. The average Bonchev–Trinajstić information content (AvgIpc) is 3.12. The first kappa shape index (κ1) is 16.8. The van der Waals surface area contributed by atoms with E-state index in [-0.39, 0.29) is 0 Å². The predicted octanol–water partition coefficient (Wildman–Crippen LogP) is 6.09. The van der Waals surface area contributed by atoms with Crippen molar-refractivity contribution in [1.29, 1.82) is 0 Å². The standard InChI is InChI=1S/C24H38O/c1-6-15(2)18-7-8-19-17-13-21(25-5)24-14-16(24)9-12-23(24,4)20(17)10-11-22(18,19)3/h6,15-21H,1,7-14H2,2-5H3/t15-,16-,17+,18-,19+,20+,21-,22-,23-,24+/m1/s1. The molecule has 0 amide bonds. The van der Waals surface area contributed by atoms with Crippen LogP contribution in [0.5, 0.6) is 0 Å². The van der Waals surface area contributed by atoms with Gasteiger partial charge in [0.05, 0.1) is 6.10 Å². The van der Waals surface area contributed by atoms with Crippen LogP contribution in [0, 0.1) is 51.8 Å². The van der Waals surface area contributed by atoms with E-state index in [1.54, 1.807) is 0 Å². The molecule has 0 N–H and O–H groups in total. The van der Waals surface area contributed by atoms with E-state index in [4.69, 9.17) is 4.74 Å². The molecule has 0 aliphatic heterocycles. The van der Waals surface area contributed by atoms with Crippen LogP contribution in [0.4, 0.5) is 0 Å². The zero-order valence-electron chi connectivity index (χ0n) is 16.9. The Morgan fingerprint density at radius 2 is 1.88 bits per heavy atom. The molecule has 5 aliphatic carbocycles. The summed E-state index contributed by atoms with van der Waals surface area (Å²) in [6.45, 7) is 11.9. The topological polar surface area (TPSA) is 9.23 Å². The Kier molecular flexibility index (Phi) is 3.47. The maximum atomic E-state index is 6.22. The van der Waals surface area contributed by atoms with Crippen molar-refractivity contribution >= 4 is 0 Å². The van der Waals surface area contributed by atoms with E-state index in [9.17, 15) is 0 Å². The van der Waals surface area contributed by atoms with Crippen molar-refractivity contribution in [2.45, 2.75) is 78.2 Å². The molecule has 5 rings (SSSR count). The van der Waals surface area contributed by atoms with Gasteiger partial charge in [0.2, 0.25) is 0 Å². The molecule has 10 atom stereocenters. The molecule has 0 unspecified atom stereocenters. The predicted molar refractivity (Wildman–Crippen MR) is 103 cm³/mol. The quantitative estimate of drug-likeness (QED) is 0.564. The zero-order valence-corrected chi connectivity index (χ0v) is 16.9. The number of hydrogen-bond donors (Lipinski definition) is 0. The highest BCUT2D eigenvalue weighted by Gasteiger charge is 2.77. The fourth-order valence-corrected chi connectivity index (χ4v) is 9.65. The van der Waals surface area contributed by atoms with Crippen molar-refractivity contribution in [3.63, 3.8) is 0 Å². The van der Waals surface area contributed by atoms with Crippen molar-refractivity contribution in [3.8, 4) is 0 Å². The van der Waals surface area contributed by atoms with Crippen LogP contribution in [0.1, 0.15) is 72.1 Å². The van der Waals surface area contributed by atoms with E-state index >= 15 is 0 Å². The molecule has 0 radical (unpaired) electrons. The first-order valence-electron chi connectivity index (χ1n) is 11.1. The van der Waals surface area contributed by atoms with Crippen LogP contribution in [-0.2, 0) is 4.74 Å². The van der Waals surface area contributed by atoms with Crippen LogP contribution in [0.25, 0.3) is 0 Å². The molecule has 0 heterocycles. The van der Waals surface area contributed by atoms with Crippen LogP contribution < -0.4 is 0 Å². The van der Waals surface area contributed by atoms with Gasteiger partial charge in [-0.05, 0) is 97.7 Å². The van der Waals surface area contributed by atoms with Crippen molar-refractivity contribution in [2.75, 3.05) is 7.11 Å². The lowest BCUT2D eigenvalue weighted by Gasteiger charge is -2.61. The second-order valence-corrected chi connectivity index (χ2v) is 11.1. The molecule has 0 saturated heterocycles. The van der Waals surface area contributed by atoms with Crippen LogP contribution in [0.15, 0.2) is 12.7 Å². The van der Waals surface area contributed by atoms with Gasteiger partial charge in [0, 0.05) is 12.5 Å². The molecule has 5 fully saturated rings. The van der Waals surface area contributed by atoms with Gasteiger partial charge in [-0.3, -0.25) is 0 Å². The number of allylic oxidation sites excluding steroid dienone is 1. The third-order valence-electron chi connectivity index (χ3n) is 10.9. The fraction of sp³-hybridized carbons (Fsp3) is 0.917. The molecule has 0 aromatic heterocycles. The second kappa shape index (κ2) is 5.15. The number of ether oxygens (including phenoxy) is 1. The van der Waals surface area contributed by atoms with Gasteiger partial charge in [0.15, 0.2) is 0 Å². The Labute approximate surface area is 155 Å². The minimum absolute atomic E-state index is 0.546. The molecule has 0 bridgehead atoms. The highest BCUT2D eigenvalue weighted by molar-refractivity contribution is 5.26. The summed E-state index contributed by atoms with van der Waals surface area (Å²) in [5.74, 6) is 5.35. The van der Waals surface area contributed by atoms with Gasteiger partial charge >= 0.3 is 0 Å². The highest BCUT2D eigenvalue weighted by Crippen LogP contribution is 2.82. The highest BCUT2D eigenvalue weighted by atomic mass is 16.5. The maximum absolute atomic E-state index is 6.22. The van der Waals surface area contributed by atoms with Crippen molar-refractivity contribution in [3.05, 3.63) is 12.7 Å². The number of fused-ring (bicyclic) bond motifs is 4. The lowest BCUT2D eigenvalue weighted by molar-refractivity contribution is -0.160. The molecule has 1 nitrogen and oxygen atoms in total. The van der Waals surface area contributed by atoms with E-state index < -0.39 is 0 Å². The molecule has 1 spiro atoms. The van der Waals surface area contributed by atoms with Crippen molar-refractivity contribution in [2.24, 2.45) is 51.8 Å². The fourth-order valence-electron chi connectivity index (χ4n) is 9.65. The SMILES string of the molecule is C=C[C@@H](C)[C@H]1CC[C@H]2[C@@H]3C[C@@H](OC)[C@]45C[C@H]4CC[C@]5(C)[C@H]3CC[C@]12C. The largest absolute Gasteiger partial charge is 0.381 e. The van der Waals surface area contributed by atoms with Gasteiger partial charge in [0.25, 0.3) is 0 Å². The van der Waals surface area contributed by atoms with Crippen LogP contribution in [0.2, 0.25) is 0 Å². The second-order valence-electron chi connectivity index (χ2n) is 11.1. The van der Waals surface area contributed by atoms with Crippen molar-refractivity contribution < 1.29 is 4.74 Å². The minimum atomic E-state index is 0.546. The van der Waals surface area contributed by atoms with Gasteiger partial charge in [-0.15, -0.1) is 6.58 Å². The summed E-state index contributed by atoms with van der Waals surface area (Å²) in [7, 11) is 2.01. The minimum Gasteiger partial charge on any atom is -0.381 e. The van der Waals surface area contributed by atoms with E-state index in [2.05, 4.69) is 33.4 Å². The van der Waals surface area contributed by atoms with Crippen LogP contribution in [-0.4, -0.2) is 13.2 Å². The van der Waals surface area contributed by atoms with Crippen molar-refractivity contribution in [1.82, 2.24) is 0 Å². The molecular weight excluding hydrogens is 304 g/mol. The van der Waals surface area contributed by atoms with Gasteiger partial charge in [-0.1, -0.05) is 26.8 Å². The Morgan fingerprint density at radius 1 is 1.08 bits per heavy atom. The summed E-state index contributed by atoms with van der Waals surface area (Å²) in [5.41, 5.74) is 1.70. The molecule has 0 aromatic carbocycles. The number of methoxy groups -OCH3 is 1. The van der Waals surface area contributed by atoms with E-state index in [0.29, 0.717) is 28.3 Å². The molecule has 5 saturated carbocycles. The van der Waals surface area contributed by atoms with Gasteiger partial charge in [-0.25, -0.2) is 0 Å². The Bertz CT molecular complexity index is 583. The Morgan fingerprint density at radius 3 is 2.56 bits per heavy atom. The Hall–Kier alpha value is -0.300. The van der Waals surface area contributed by atoms with Gasteiger partial charge in [0.1, 0.15) is 0 Å². The maximum Gasteiger partial charge on any atom is 0.0638 e. The third-order valence-corrected chi connectivity index (χ3v) is 10.9. The summed E-state index contributed by atoms with van der Waals surface area (Å²) in [4.78, 5) is 0. The van der Waals surface area contributed by atoms with Crippen LogP contribution in [0.3, 0.4) is 0 Å². The van der Waals surface area contributed by atoms with E-state index in [1.807, 2.05) is 7.11 Å². The molecule has 5 aliphatic rings. The molecular formula is C24H38O. The lowest BCUT2D eigenvalue weighted by atomic mass is 9.45. The summed E-state index contributed by atoms with van der Waals surface area (Å²) >= 11 is 0. The van der Waals surface area contributed by atoms with E-state index in [0.717, 1.165) is 29.6 Å². The summed E-state index contributed by atoms with van der Waals surface area (Å²) < 4.78 is 6.22. The van der Waals surface area contributed by atoms with Crippen LogP contribution >= 0.6 is 0 Å². The smallest absolute Gasteiger partial charge is 0.0638 e. The van der Waals surface area contributed by atoms with Gasteiger partial charge < -0.3 is 4.74 Å². The zero-order chi connectivity index (χ0) is 17.6. The number of rotatable bonds is 3. The molecule has 25 heavy (non-hydrogen) atoms.